The van der Waals surface area contributed by atoms with Gasteiger partial charge in [-0.25, -0.2) is 13.6 Å². The highest BCUT2D eigenvalue weighted by atomic mass is 35.5. The molecule has 1 atom stereocenters. The van der Waals surface area contributed by atoms with Gasteiger partial charge in [-0.15, -0.1) is 0 Å². The maximum atomic E-state index is 12.0. The van der Waals surface area contributed by atoms with Gasteiger partial charge in [0.25, 0.3) is 0 Å². The Bertz CT molecular complexity index is 949. The lowest BCUT2D eigenvalue weighted by atomic mass is 9.81. The van der Waals surface area contributed by atoms with Gasteiger partial charge in [-0.1, -0.05) is 29.8 Å². The van der Waals surface area contributed by atoms with Crippen LogP contribution in [0.25, 0.3) is 5.57 Å². The number of pyridine rings is 1. The second kappa shape index (κ2) is 5.41. The zero-order chi connectivity index (χ0) is 16.9. The molecule has 1 unspecified atom stereocenters. The van der Waals surface area contributed by atoms with Gasteiger partial charge in [0.05, 0.1) is 5.69 Å². The van der Waals surface area contributed by atoms with Crippen LogP contribution >= 0.6 is 11.6 Å². The second-order valence-electron chi connectivity index (χ2n) is 6.61. The highest BCUT2D eigenvalue weighted by Gasteiger charge is 2.54. The van der Waals surface area contributed by atoms with Crippen LogP contribution in [0.2, 0.25) is 5.02 Å². The van der Waals surface area contributed by atoms with E-state index in [1.807, 2.05) is 18.2 Å². The van der Waals surface area contributed by atoms with E-state index in [0.29, 0.717) is 10.7 Å². The van der Waals surface area contributed by atoms with E-state index in [1.165, 1.54) is 6.07 Å². The van der Waals surface area contributed by atoms with Gasteiger partial charge in [0.2, 0.25) is 10.0 Å². The number of hydrogen-bond donors (Lipinski definition) is 1. The summed E-state index contributed by atoms with van der Waals surface area (Å²) < 4.78 is 23.9. The molecule has 0 bridgehead atoms. The van der Waals surface area contributed by atoms with E-state index in [-0.39, 0.29) is 16.2 Å². The van der Waals surface area contributed by atoms with Crippen LogP contribution in [0.1, 0.15) is 36.4 Å². The minimum atomic E-state index is -3.83. The van der Waals surface area contributed by atoms with Crippen molar-refractivity contribution < 1.29 is 8.42 Å². The van der Waals surface area contributed by atoms with Crippen molar-refractivity contribution in [1.82, 2.24) is 4.98 Å². The number of sulfonamides is 1. The Kier molecular flexibility index (Phi) is 3.56. The molecule has 2 aliphatic carbocycles. The summed E-state index contributed by atoms with van der Waals surface area (Å²) in [6, 6.07) is 10.9. The highest BCUT2D eigenvalue weighted by Crippen LogP contribution is 2.66. The highest BCUT2D eigenvalue weighted by molar-refractivity contribution is 7.89. The lowest BCUT2D eigenvalue weighted by Gasteiger charge is -2.24. The summed E-state index contributed by atoms with van der Waals surface area (Å²) >= 11 is 6.18. The van der Waals surface area contributed by atoms with Gasteiger partial charge in [-0.2, -0.15) is 0 Å². The van der Waals surface area contributed by atoms with E-state index in [4.69, 9.17) is 16.7 Å². The maximum Gasteiger partial charge on any atom is 0.240 e. The molecule has 2 N–H and O–H groups in total. The molecule has 1 fully saturated rings. The van der Waals surface area contributed by atoms with Gasteiger partial charge in [0, 0.05) is 17.1 Å². The van der Waals surface area contributed by atoms with Gasteiger partial charge in [0.1, 0.15) is 4.90 Å². The number of rotatable bonds is 3. The Morgan fingerprint density at radius 1 is 1.21 bits per heavy atom. The Morgan fingerprint density at radius 2 is 2.00 bits per heavy atom. The van der Waals surface area contributed by atoms with Crippen LogP contribution in [0.3, 0.4) is 0 Å². The van der Waals surface area contributed by atoms with E-state index in [9.17, 15) is 8.42 Å². The molecule has 24 heavy (non-hydrogen) atoms. The molecule has 1 spiro atoms. The van der Waals surface area contributed by atoms with Crippen molar-refractivity contribution in [2.24, 2.45) is 10.6 Å². The average molecular weight is 361 g/mol. The first-order valence-electron chi connectivity index (χ1n) is 7.84. The fraction of sp³-hybridized carbons (Fsp3) is 0.278. The van der Waals surface area contributed by atoms with Gasteiger partial charge in [-0.3, -0.25) is 4.98 Å². The van der Waals surface area contributed by atoms with Crippen molar-refractivity contribution in [2.75, 3.05) is 0 Å². The first-order chi connectivity index (χ1) is 11.4. The van der Waals surface area contributed by atoms with E-state index in [1.54, 1.807) is 12.3 Å². The van der Waals surface area contributed by atoms with Crippen LogP contribution in [-0.4, -0.2) is 13.4 Å². The summed E-state index contributed by atoms with van der Waals surface area (Å²) in [6.45, 7) is 0. The maximum absolute atomic E-state index is 12.0. The molecule has 4 nitrogen and oxygen atoms in total. The van der Waals surface area contributed by atoms with E-state index < -0.39 is 10.0 Å². The number of allylic oxidation sites excluding steroid dienone is 2. The van der Waals surface area contributed by atoms with E-state index in [2.05, 4.69) is 17.1 Å². The normalized spacial score (nSPS) is 21.8. The standard InChI is InChI=1S/C18H17ClN2O2S/c19-13-4-1-3-12(11-13)16-14(6-7-18(16)8-9-18)17-15(24(20,22)23)5-2-10-21-17/h1-6,10-11,16H,7-9H2,(H2,20,22,23). The monoisotopic (exact) mass is 360 g/mol. The first-order valence-corrected chi connectivity index (χ1v) is 9.77. The Labute approximate surface area is 146 Å². The number of halogens is 1. The van der Waals surface area contributed by atoms with Crippen molar-refractivity contribution >= 4 is 27.2 Å². The molecule has 6 heteroatoms. The van der Waals surface area contributed by atoms with Gasteiger partial charge in [-0.05, 0) is 60.1 Å². The van der Waals surface area contributed by atoms with E-state index >= 15 is 0 Å². The third kappa shape index (κ3) is 2.57. The lowest BCUT2D eigenvalue weighted by Crippen LogP contribution is -2.17. The number of hydrogen-bond acceptors (Lipinski definition) is 3. The summed E-state index contributed by atoms with van der Waals surface area (Å²) in [5, 5.41) is 6.08. The molecule has 0 amide bonds. The molecule has 2 aliphatic rings. The van der Waals surface area contributed by atoms with Crippen molar-refractivity contribution in [3.05, 3.63) is 65.0 Å². The Balaban J connectivity index is 1.87. The zero-order valence-electron chi connectivity index (χ0n) is 12.9. The van der Waals surface area contributed by atoms with Crippen LogP contribution in [0.4, 0.5) is 0 Å². The molecule has 1 aromatic heterocycles. The Morgan fingerprint density at radius 3 is 2.67 bits per heavy atom. The van der Waals surface area contributed by atoms with Crippen LogP contribution in [0.15, 0.2) is 53.6 Å². The zero-order valence-corrected chi connectivity index (χ0v) is 14.5. The third-order valence-electron chi connectivity index (χ3n) is 5.08. The summed E-state index contributed by atoms with van der Waals surface area (Å²) in [5.41, 5.74) is 2.69. The van der Waals surface area contributed by atoms with Gasteiger partial charge < -0.3 is 0 Å². The molecular formula is C18H17ClN2O2S. The molecular weight excluding hydrogens is 344 g/mol. The molecule has 1 aromatic carbocycles. The van der Waals surface area contributed by atoms with Crippen LogP contribution < -0.4 is 5.14 Å². The third-order valence-corrected chi connectivity index (χ3v) is 6.25. The van der Waals surface area contributed by atoms with Crippen LogP contribution in [0, 0.1) is 5.41 Å². The summed E-state index contributed by atoms with van der Waals surface area (Å²) in [4.78, 5) is 4.44. The van der Waals surface area contributed by atoms with Crippen molar-refractivity contribution in [3.63, 3.8) is 0 Å². The number of primary sulfonamides is 1. The fourth-order valence-corrected chi connectivity index (χ4v) is 4.73. The molecule has 124 valence electrons. The van der Waals surface area contributed by atoms with E-state index in [0.717, 1.165) is 30.4 Å². The number of benzene rings is 1. The number of aromatic nitrogens is 1. The topological polar surface area (TPSA) is 73.1 Å². The predicted molar refractivity (Wildman–Crippen MR) is 94.1 cm³/mol. The first kappa shape index (κ1) is 15.8. The van der Waals surface area contributed by atoms with Gasteiger partial charge >= 0.3 is 0 Å². The predicted octanol–water partition coefficient (Wildman–Crippen LogP) is 3.73. The summed E-state index contributed by atoms with van der Waals surface area (Å²) in [6.07, 6.45) is 6.91. The quantitative estimate of drug-likeness (QED) is 0.906. The summed E-state index contributed by atoms with van der Waals surface area (Å²) in [5.74, 6) is 0.103. The molecule has 1 saturated carbocycles. The molecule has 0 saturated heterocycles. The molecule has 0 aliphatic heterocycles. The number of nitrogens with two attached hydrogens (primary N) is 1. The van der Waals surface area contributed by atoms with Crippen LogP contribution in [-0.2, 0) is 10.0 Å². The van der Waals surface area contributed by atoms with Crippen molar-refractivity contribution in [1.29, 1.82) is 0 Å². The number of nitrogens with zero attached hydrogens (tertiary/aromatic N) is 1. The molecule has 4 rings (SSSR count). The average Bonchev–Trinajstić information content (AvgIpc) is 3.20. The molecule has 2 aromatic rings. The SMILES string of the molecule is NS(=O)(=O)c1cccnc1C1=CCC2(CC2)C1c1cccc(Cl)c1. The lowest BCUT2D eigenvalue weighted by molar-refractivity contribution is 0.498. The van der Waals surface area contributed by atoms with Crippen molar-refractivity contribution in [2.45, 2.75) is 30.1 Å². The van der Waals surface area contributed by atoms with Gasteiger partial charge in [0.15, 0.2) is 0 Å². The minimum Gasteiger partial charge on any atom is -0.255 e. The van der Waals surface area contributed by atoms with Crippen molar-refractivity contribution in [3.8, 4) is 0 Å². The molecule has 1 heterocycles. The van der Waals surface area contributed by atoms with Crippen LogP contribution in [0.5, 0.6) is 0 Å². The fourth-order valence-electron chi connectivity index (χ4n) is 3.82. The largest absolute Gasteiger partial charge is 0.255 e. The molecule has 0 radical (unpaired) electrons. The summed E-state index contributed by atoms with van der Waals surface area (Å²) in [7, 11) is -3.83. The smallest absolute Gasteiger partial charge is 0.240 e. The minimum absolute atomic E-state index is 0.0842. The second-order valence-corrected chi connectivity index (χ2v) is 8.58. The Hall–Kier alpha value is -1.69.